The standard InChI is InChI=1S/C20H26ClN3O4S/c21-16-7-2-3-9-19(16)29(26,27)23-11-10-20(25)22-15-17(18-8-6-14-28-18)24-12-4-1-5-13-24/h2-3,6-9,14,17,23H,1,4-5,10-13,15H2,(H,22,25). The topological polar surface area (TPSA) is 91.6 Å². The fourth-order valence-corrected chi connectivity index (χ4v) is 5.01. The van der Waals surface area contributed by atoms with Crippen molar-refractivity contribution in [2.24, 2.45) is 0 Å². The van der Waals surface area contributed by atoms with E-state index in [-0.39, 0.29) is 34.8 Å². The molecule has 1 amide bonds. The molecule has 1 aliphatic heterocycles. The van der Waals surface area contributed by atoms with Crippen LogP contribution in [0.1, 0.15) is 37.5 Å². The fourth-order valence-electron chi connectivity index (χ4n) is 3.46. The van der Waals surface area contributed by atoms with Gasteiger partial charge in [0, 0.05) is 19.5 Å². The summed E-state index contributed by atoms with van der Waals surface area (Å²) in [5.74, 6) is 0.604. The lowest BCUT2D eigenvalue weighted by Gasteiger charge is -2.33. The van der Waals surface area contributed by atoms with E-state index < -0.39 is 10.0 Å². The number of sulfonamides is 1. The smallest absolute Gasteiger partial charge is 0.242 e. The molecule has 7 nitrogen and oxygen atoms in total. The molecule has 1 atom stereocenters. The second-order valence-electron chi connectivity index (χ2n) is 7.01. The van der Waals surface area contributed by atoms with Crippen molar-refractivity contribution in [3.05, 3.63) is 53.4 Å². The molecule has 1 saturated heterocycles. The SMILES string of the molecule is O=C(CCNS(=O)(=O)c1ccccc1Cl)NCC(c1ccco1)N1CCCCC1. The molecule has 1 aromatic carbocycles. The van der Waals surface area contributed by atoms with E-state index in [1.54, 1.807) is 18.4 Å². The Labute approximate surface area is 176 Å². The average molecular weight is 440 g/mol. The van der Waals surface area contributed by atoms with Crippen molar-refractivity contribution >= 4 is 27.5 Å². The normalized spacial score (nSPS) is 16.4. The number of piperidine rings is 1. The first kappa shape index (κ1) is 21.8. The Hall–Kier alpha value is -1.87. The average Bonchev–Trinajstić information content (AvgIpc) is 3.23. The number of nitrogens with one attached hydrogen (secondary N) is 2. The number of carbonyl (C=O) groups excluding carboxylic acids is 1. The Morgan fingerprint density at radius 3 is 2.59 bits per heavy atom. The van der Waals surface area contributed by atoms with Crippen molar-refractivity contribution in [2.75, 3.05) is 26.2 Å². The van der Waals surface area contributed by atoms with Crippen LogP contribution in [0, 0.1) is 0 Å². The van der Waals surface area contributed by atoms with Crippen LogP contribution in [-0.4, -0.2) is 45.4 Å². The molecule has 1 unspecified atom stereocenters. The molecular weight excluding hydrogens is 414 g/mol. The highest BCUT2D eigenvalue weighted by Gasteiger charge is 2.25. The minimum atomic E-state index is -3.76. The van der Waals surface area contributed by atoms with Gasteiger partial charge in [-0.1, -0.05) is 30.2 Å². The number of rotatable bonds is 9. The summed E-state index contributed by atoms with van der Waals surface area (Å²) in [6, 6.07) is 9.94. The van der Waals surface area contributed by atoms with Crippen molar-refractivity contribution in [3.63, 3.8) is 0 Å². The maximum absolute atomic E-state index is 12.3. The van der Waals surface area contributed by atoms with Gasteiger partial charge in [0.15, 0.2) is 0 Å². The van der Waals surface area contributed by atoms with Crippen LogP contribution < -0.4 is 10.0 Å². The Balaban J connectivity index is 1.50. The Morgan fingerprint density at radius 2 is 1.90 bits per heavy atom. The highest BCUT2D eigenvalue weighted by atomic mass is 35.5. The number of furan rings is 1. The largest absolute Gasteiger partial charge is 0.468 e. The van der Waals surface area contributed by atoms with Gasteiger partial charge in [-0.15, -0.1) is 0 Å². The first-order valence-electron chi connectivity index (χ1n) is 9.76. The van der Waals surface area contributed by atoms with Gasteiger partial charge in [0.25, 0.3) is 0 Å². The zero-order chi connectivity index (χ0) is 20.7. The van der Waals surface area contributed by atoms with Gasteiger partial charge in [0.1, 0.15) is 10.7 Å². The molecule has 0 aliphatic carbocycles. The number of hydrogen-bond donors (Lipinski definition) is 2. The molecule has 0 bridgehead atoms. The quantitative estimate of drug-likeness (QED) is 0.626. The first-order chi connectivity index (χ1) is 14.0. The molecule has 2 aromatic rings. The summed E-state index contributed by atoms with van der Waals surface area (Å²) in [6.07, 6.45) is 5.16. The van der Waals surface area contributed by atoms with Crippen molar-refractivity contribution < 1.29 is 17.6 Å². The summed E-state index contributed by atoms with van der Waals surface area (Å²) < 4.78 is 32.6. The number of likely N-dealkylation sites (tertiary alicyclic amines) is 1. The molecule has 2 N–H and O–H groups in total. The van der Waals surface area contributed by atoms with Crippen LogP contribution >= 0.6 is 11.6 Å². The lowest BCUT2D eigenvalue weighted by Crippen LogP contribution is -2.41. The molecule has 1 fully saturated rings. The number of carbonyl (C=O) groups is 1. The van der Waals surface area contributed by atoms with Crippen LogP contribution in [-0.2, 0) is 14.8 Å². The van der Waals surface area contributed by atoms with Crippen LogP contribution in [0.5, 0.6) is 0 Å². The van der Waals surface area contributed by atoms with Crippen LogP contribution in [0.4, 0.5) is 0 Å². The predicted octanol–water partition coefficient (Wildman–Crippen LogP) is 2.94. The molecule has 0 radical (unpaired) electrons. The van der Waals surface area contributed by atoms with E-state index in [4.69, 9.17) is 16.0 Å². The predicted molar refractivity (Wildman–Crippen MR) is 111 cm³/mol. The van der Waals surface area contributed by atoms with Crippen molar-refractivity contribution in [3.8, 4) is 0 Å². The summed E-state index contributed by atoms with van der Waals surface area (Å²) >= 11 is 5.95. The summed E-state index contributed by atoms with van der Waals surface area (Å²) in [7, 11) is -3.76. The fraction of sp³-hybridized carbons (Fsp3) is 0.450. The Bertz CT molecular complexity index is 896. The van der Waals surface area contributed by atoms with E-state index in [0.717, 1.165) is 31.7 Å². The minimum absolute atomic E-state index is 0.00468. The van der Waals surface area contributed by atoms with E-state index in [1.165, 1.54) is 18.6 Å². The third-order valence-electron chi connectivity index (χ3n) is 4.97. The van der Waals surface area contributed by atoms with E-state index in [9.17, 15) is 13.2 Å². The van der Waals surface area contributed by atoms with Crippen LogP contribution in [0.3, 0.4) is 0 Å². The highest BCUT2D eigenvalue weighted by molar-refractivity contribution is 7.89. The molecule has 1 aliphatic rings. The molecular formula is C20H26ClN3O4S. The van der Waals surface area contributed by atoms with Crippen LogP contribution in [0.2, 0.25) is 5.02 Å². The van der Waals surface area contributed by atoms with Crippen molar-refractivity contribution in [2.45, 2.75) is 36.6 Å². The number of nitrogens with zero attached hydrogens (tertiary/aromatic N) is 1. The number of hydrogen-bond acceptors (Lipinski definition) is 5. The minimum Gasteiger partial charge on any atom is -0.468 e. The van der Waals surface area contributed by atoms with Crippen molar-refractivity contribution in [1.82, 2.24) is 14.9 Å². The highest BCUT2D eigenvalue weighted by Crippen LogP contribution is 2.24. The second-order valence-corrected chi connectivity index (χ2v) is 9.15. The summed E-state index contributed by atoms with van der Waals surface area (Å²) in [6.45, 7) is 2.36. The van der Waals surface area contributed by atoms with Gasteiger partial charge >= 0.3 is 0 Å². The third-order valence-corrected chi connectivity index (χ3v) is 6.93. The van der Waals surface area contributed by atoms with Crippen molar-refractivity contribution in [1.29, 1.82) is 0 Å². The summed E-state index contributed by atoms with van der Waals surface area (Å²) in [5, 5.41) is 3.05. The summed E-state index contributed by atoms with van der Waals surface area (Å²) in [5.41, 5.74) is 0. The Morgan fingerprint density at radius 1 is 1.14 bits per heavy atom. The monoisotopic (exact) mass is 439 g/mol. The second kappa shape index (κ2) is 10.2. The van der Waals surface area contributed by atoms with Crippen LogP contribution in [0.15, 0.2) is 52.0 Å². The molecule has 3 rings (SSSR count). The van der Waals surface area contributed by atoms with Gasteiger partial charge in [-0.3, -0.25) is 9.69 Å². The molecule has 0 spiro atoms. The van der Waals surface area contributed by atoms with E-state index in [0.29, 0.717) is 6.54 Å². The maximum atomic E-state index is 12.3. The zero-order valence-corrected chi connectivity index (χ0v) is 17.7. The third kappa shape index (κ3) is 6.05. The van der Waals surface area contributed by atoms with E-state index >= 15 is 0 Å². The van der Waals surface area contributed by atoms with E-state index in [2.05, 4.69) is 14.9 Å². The van der Waals surface area contributed by atoms with Crippen LogP contribution in [0.25, 0.3) is 0 Å². The van der Waals surface area contributed by atoms with Gasteiger partial charge in [-0.25, -0.2) is 13.1 Å². The first-order valence-corrected chi connectivity index (χ1v) is 11.6. The number of halogens is 1. The van der Waals surface area contributed by atoms with E-state index in [1.807, 2.05) is 12.1 Å². The number of amides is 1. The molecule has 29 heavy (non-hydrogen) atoms. The summed E-state index contributed by atoms with van der Waals surface area (Å²) in [4.78, 5) is 14.6. The van der Waals surface area contributed by atoms with Gasteiger partial charge in [0.2, 0.25) is 15.9 Å². The lowest BCUT2D eigenvalue weighted by atomic mass is 10.1. The molecule has 1 aromatic heterocycles. The van der Waals surface area contributed by atoms with Gasteiger partial charge < -0.3 is 9.73 Å². The van der Waals surface area contributed by atoms with Gasteiger partial charge in [-0.2, -0.15) is 0 Å². The lowest BCUT2D eigenvalue weighted by molar-refractivity contribution is -0.121. The Kier molecular flexibility index (Phi) is 7.71. The zero-order valence-electron chi connectivity index (χ0n) is 16.1. The molecule has 9 heteroatoms. The molecule has 2 heterocycles. The van der Waals surface area contributed by atoms with Gasteiger partial charge in [-0.05, 0) is 50.2 Å². The maximum Gasteiger partial charge on any atom is 0.242 e. The number of benzene rings is 1. The molecule has 158 valence electrons. The van der Waals surface area contributed by atoms with Gasteiger partial charge in [0.05, 0.1) is 17.3 Å². The molecule has 0 saturated carbocycles.